The molecule has 3 unspecified atom stereocenters. The molecule has 0 bridgehead atoms. The zero-order valence-corrected chi connectivity index (χ0v) is 29.9. The number of unbranched alkanes of at least 4 members (excludes halogenated alkanes) is 1. The molecule has 0 radical (unpaired) electrons. The molecule has 1 amide bonds. The van der Waals surface area contributed by atoms with Crippen molar-refractivity contribution in [2.45, 2.75) is 76.7 Å². The number of aliphatic hydroxyl groups excluding tert-OH is 1. The summed E-state index contributed by atoms with van der Waals surface area (Å²) in [5, 5.41) is 21.3. The first-order chi connectivity index (χ1) is 25.3. The van der Waals surface area contributed by atoms with E-state index in [2.05, 4.69) is 52.7 Å². The van der Waals surface area contributed by atoms with E-state index in [1.807, 2.05) is 42.5 Å². The van der Waals surface area contributed by atoms with Crippen molar-refractivity contribution in [1.82, 2.24) is 10.2 Å². The molecule has 4 aromatic carbocycles. The molecule has 1 saturated heterocycles. The summed E-state index contributed by atoms with van der Waals surface area (Å²) in [6.07, 6.45) is 2.23. The van der Waals surface area contributed by atoms with Crippen molar-refractivity contribution in [3.8, 4) is 22.6 Å². The van der Waals surface area contributed by atoms with Crippen LogP contribution >= 0.6 is 0 Å². The number of carboxylic acids is 1. The molecule has 52 heavy (non-hydrogen) atoms. The minimum Gasteiger partial charge on any atom is -0.493 e. The van der Waals surface area contributed by atoms with E-state index in [-0.39, 0.29) is 31.1 Å². The molecule has 0 saturated carbocycles. The van der Waals surface area contributed by atoms with Gasteiger partial charge in [-0.2, -0.15) is 0 Å². The summed E-state index contributed by atoms with van der Waals surface area (Å²) in [6, 6.07) is 28.4. The number of nitrogens with zero attached hydrogens (tertiary/aromatic N) is 1. The van der Waals surface area contributed by atoms with E-state index < -0.39 is 12.3 Å². The summed E-state index contributed by atoms with van der Waals surface area (Å²) >= 11 is 0. The van der Waals surface area contributed by atoms with Gasteiger partial charge in [-0.15, -0.1) is 0 Å². The highest BCUT2D eigenvalue weighted by molar-refractivity contribution is 5.76. The number of nitrogens with one attached hydrogen (secondary N) is 1. The second kappa shape index (κ2) is 17.7. The molecule has 0 spiro atoms. The molecule has 1 fully saturated rings. The van der Waals surface area contributed by atoms with Crippen molar-refractivity contribution in [3.05, 3.63) is 118 Å². The van der Waals surface area contributed by atoms with E-state index >= 15 is 0 Å². The maximum atomic E-state index is 12.3. The lowest BCUT2D eigenvalue weighted by molar-refractivity contribution is -0.253. The highest BCUT2D eigenvalue weighted by atomic mass is 16.7. The predicted octanol–water partition coefficient (Wildman–Crippen LogP) is 6.73. The summed E-state index contributed by atoms with van der Waals surface area (Å²) in [4.78, 5) is 25.4. The third kappa shape index (κ3) is 9.57. The monoisotopic (exact) mass is 708 g/mol. The smallest absolute Gasteiger partial charge is 0.303 e. The molecule has 0 aromatic heterocycles. The van der Waals surface area contributed by atoms with Crippen LogP contribution in [0.2, 0.25) is 0 Å². The second-order valence-electron chi connectivity index (χ2n) is 13.5. The van der Waals surface area contributed by atoms with Gasteiger partial charge in [-0.25, -0.2) is 0 Å². The van der Waals surface area contributed by atoms with Crippen LogP contribution in [0.3, 0.4) is 0 Å². The molecule has 274 valence electrons. The molecule has 10 heteroatoms. The van der Waals surface area contributed by atoms with Gasteiger partial charge in [0.2, 0.25) is 5.91 Å². The Morgan fingerprint density at radius 1 is 0.827 bits per heavy atom. The van der Waals surface area contributed by atoms with Crippen molar-refractivity contribution in [3.63, 3.8) is 0 Å². The van der Waals surface area contributed by atoms with E-state index in [1.165, 1.54) is 11.1 Å². The number of hydrogen-bond donors (Lipinski definition) is 3. The van der Waals surface area contributed by atoms with Crippen LogP contribution in [-0.4, -0.2) is 60.4 Å². The van der Waals surface area contributed by atoms with Gasteiger partial charge in [0.15, 0.2) is 17.8 Å². The number of methoxy groups -OCH3 is 2. The van der Waals surface area contributed by atoms with Crippen molar-refractivity contribution in [2.24, 2.45) is 0 Å². The van der Waals surface area contributed by atoms with Gasteiger partial charge in [0.05, 0.1) is 33.0 Å². The number of rotatable bonds is 15. The SMILES string of the molecule is COc1cc2c(cc1OC)CN(CC1CC(c3ccc(CO)cc3)OC(c3ccc(-c4cccc(CNC(=O)CCCCC(=O)O)c4)cc3)O1)CC2. The Balaban J connectivity index is 1.13. The first-order valence-electron chi connectivity index (χ1n) is 18.0. The summed E-state index contributed by atoms with van der Waals surface area (Å²) in [5.41, 5.74) is 8.40. The first kappa shape index (κ1) is 37.0. The van der Waals surface area contributed by atoms with Crippen LogP contribution in [0.25, 0.3) is 11.1 Å². The van der Waals surface area contributed by atoms with E-state index in [4.69, 9.17) is 24.1 Å². The van der Waals surface area contributed by atoms with E-state index in [0.29, 0.717) is 32.2 Å². The number of aliphatic carboxylic acids is 1. The largest absolute Gasteiger partial charge is 0.493 e. The van der Waals surface area contributed by atoms with E-state index in [1.54, 1.807) is 14.2 Å². The van der Waals surface area contributed by atoms with Gasteiger partial charge in [-0.1, -0.05) is 66.7 Å². The quantitative estimate of drug-likeness (QED) is 0.115. The van der Waals surface area contributed by atoms with Crippen LogP contribution in [0.1, 0.15) is 77.9 Å². The number of carbonyl (C=O) groups excluding carboxylic acids is 1. The average molecular weight is 709 g/mol. The minimum absolute atomic E-state index is 0.00661. The zero-order valence-electron chi connectivity index (χ0n) is 29.9. The molecular formula is C42H48N2O8. The van der Waals surface area contributed by atoms with Gasteiger partial charge in [0, 0.05) is 51.0 Å². The second-order valence-corrected chi connectivity index (χ2v) is 13.5. The van der Waals surface area contributed by atoms with Crippen LogP contribution in [-0.2, 0) is 45.2 Å². The van der Waals surface area contributed by atoms with Crippen LogP contribution < -0.4 is 14.8 Å². The number of carboxylic acid groups (broad SMARTS) is 1. The summed E-state index contributed by atoms with van der Waals surface area (Å²) in [5.74, 6) is 0.567. The van der Waals surface area contributed by atoms with Gasteiger partial charge in [0.25, 0.3) is 0 Å². The molecule has 10 nitrogen and oxygen atoms in total. The Morgan fingerprint density at radius 3 is 2.25 bits per heavy atom. The average Bonchev–Trinajstić information content (AvgIpc) is 3.18. The van der Waals surface area contributed by atoms with Crippen LogP contribution in [0, 0.1) is 0 Å². The number of carbonyl (C=O) groups is 2. The van der Waals surface area contributed by atoms with E-state index in [9.17, 15) is 14.7 Å². The summed E-state index contributed by atoms with van der Waals surface area (Å²) < 4.78 is 24.4. The topological polar surface area (TPSA) is 127 Å². The van der Waals surface area contributed by atoms with Crippen molar-refractivity contribution >= 4 is 11.9 Å². The Hall–Kier alpha value is -4.74. The van der Waals surface area contributed by atoms with Gasteiger partial charge in [-0.05, 0) is 76.4 Å². The molecule has 4 aromatic rings. The number of fused-ring (bicyclic) bond motifs is 1. The fraction of sp³-hybridized carbons (Fsp3) is 0.381. The number of aliphatic hydroxyl groups is 1. The van der Waals surface area contributed by atoms with Gasteiger partial charge in [-0.3, -0.25) is 14.5 Å². The Labute approximate surface area is 305 Å². The fourth-order valence-electron chi connectivity index (χ4n) is 6.96. The van der Waals surface area contributed by atoms with Crippen LogP contribution in [0.5, 0.6) is 11.5 Å². The molecule has 2 aliphatic heterocycles. The standard InChI is InChI=1S/C42H48N2O8/c1-49-38-21-34-18-19-44(25-35(34)22-39(38)50-2)26-36-23-37(31-12-10-28(27-45)11-13-31)52-42(51-36)32-16-14-30(15-17-32)33-7-5-6-29(20-33)24-43-40(46)8-3-4-9-41(47)48/h5-7,10-17,20-22,36-37,42,45H,3-4,8-9,18-19,23-27H2,1-2H3,(H,43,46)(H,47,48). The van der Waals surface area contributed by atoms with Crippen LogP contribution in [0.4, 0.5) is 0 Å². The van der Waals surface area contributed by atoms with Crippen molar-refractivity contribution in [1.29, 1.82) is 0 Å². The highest BCUT2D eigenvalue weighted by Crippen LogP contribution is 2.40. The van der Waals surface area contributed by atoms with Gasteiger partial charge >= 0.3 is 5.97 Å². The van der Waals surface area contributed by atoms with Crippen molar-refractivity contribution < 1.29 is 38.7 Å². The number of amides is 1. The Kier molecular flexibility index (Phi) is 12.6. The van der Waals surface area contributed by atoms with Crippen molar-refractivity contribution in [2.75, 3.05) is 27.3 Å². The summed E-state index contributed by atoms with van der Waals surface area (Å²) in [6.45, 7) is 2.85. The fourth-order valence-corrected chi connectivity index (χ4v) is 6.96. The Morgan fingerprint density at radius 2 is 1.54 bits per heavy atom. The predicted molar refractivity (Wildman–Crippen MR) is 197 cm³/mol. The number of ether oxygens (including phenoxy) is 4. The maximum absolute atomic E-state index is 12.3. The van der Waals surface area contributed by atoms with E-state index in [0.717, 1.165) is 70.9 Å². The number of hydrogen-bond acceptors (Lipinski definition) is 8. The summed E-state index contributed by atoms with van der Waals surface area (Å²) in [7, 11) is 3.33. The van der Waals surface area contributed by atoms with Crippen LogP contribution in [0.15, 0.2) is 84.9 Å². The third-order valence-electron chi connectivity index (χ3n) is 9.85. The first-order valence-corrected chi connectivity index (χ1v) is 18.0. The minimum atomic E-state index is -0.841. The zero-order chi connectivity index (χ0) is 36.5. The molecule has 6 rings (SSSR count). The van der Waals surface area contributed by atoms with Gasteiger partial charge < -0.3 is 34.5 Å². The molecule has 2 aliphatic rings. The molecule has 0 aliphatic carbocycles. The maximum Gasteiger partial charge on any atom is 0.303 e. The molecule has 2 heterocycles. The normalized spacial score (nSPS) is 18.7. The van der Waals surface area contributed by atoms with Gasteiger partial charge in [0.1, 0.15) is 0 Å². The Bertz CT molecular complexity index is 1810. The lowest BCUT2D eigenvalue weighted by Crippen LogP contribution is -2.41. The molecule has 3 N–H and O–H groups in total. The highest BCUT2D eigenvalue weighted by Gasteiger charge is 2.34. The number of benzene rings is 4. The lowest BCUT2D eigenvalue weighted by Gasteiger charge is -2.39. The third-order valence-corrected chi connectivity index (χ3v) is 9.85. The molecule has 3 atom stereocenters. The lowest BCUT2D eigenvalue weighted by atomic mass is 9.96. The molecular weight excluding hydrogens is 660 g/mol.